The average molecular weight is 239 g/mol. The van der Waals surface area contributed by atoms with Crippen molar-refractivity contribution in [3.8, 4) is 5.75 Å². The summed E-state index contributed by atoms with van der Waals surface area (Å²) in [6.45, 7) is 2.22. The van der Waals surface area contributed by atoms with E-state index in [-0.39, 0.29) is 0 Å². The highest BCUT2D eigenvalue weighted by Crippen LogP contribution is 2.34. The molecule has 1 aromatic rings. The fourth-order valence-corrected chi connectivity index (χ4v) is 2.80. The van der Waals surface area contributed by atoms with Crippen molar-refractivity contribution in [2.45, 2.75) is 25.4 Å². The maximum Gasteiger partial charge on any atom is 0.141 e. The van der Waals surface area contributed by atoms with Gasteiger partial charge in [-0.1, -0.05) is 11.6 Å². The predicted octanol–water partition coefficient (Wildman–Crippen LogP) is 2.04. The molecule has 3 heterocycles. The minimum Gasteiger partial charge on any atom is -0.488 e. The van der Waals surface area contributed by atoms with Crippen LogP contribution < -0.4 is 10.1 Å². The lowest BCUT2D eigenvalue weighted by atomic mass is 9.90. The van der Waals surface area contributed by atoms with Gasteiger partial charge in [-0.15, -0.1) is 0 Å². The Labute approximate surface area is 100 Å². The third kappa shape index (κ3) is 1.89. The zero-order chi connectivity index (χ0) is 11.0. The van der Waals surface area contributed by atoms with E-state index < -0.39 is 0 Å². The van der Waals surface area contributed by atoms with E-state index in [4.69, 9.17) is 16.3 Å². The number of piperidine rings is 1. The first-order valence-electron chi connectivity index (χ1n) is 5.85. The molecule has 16 heavy (non-hydrogen) atoms. The van der Waals surface area contributed by atoms with Crippen LogP contribution in [0.4, 0.5) is 0 Å². The van der Waals surface area contributed by atoms with Gasteiger partial charge in [-0.2, -0.15) is 0 Å². The summed E-state index contributed by atoms with van der Waals surface area (Å²) >= 11 is 5.88. The van der Waals surface area contributed by atoms with Gasteiger partial charge in [0.15, 0.2) is 0 Å². The lowest BCUT2D eigenvalue weighted by molar-refractivity contribution is 0.133. The second-order valence-electron chi connectivity index (χ2n) is 4.56. The Morgan fingerprint density at radius 1 is 1.38 bits per heavy atom. The molecule has 1 saturated heterocycles. The molecule has 1 atom stereocenters. The van der Waals surface area contributed by atoms with E-state index >= 15 is 0 Å². The number of aromatic nitrogens is 1. The van der Waals surface area contributed by atoms with Crippen molar-refractivity contribution in [3.63, 3.8) is 0 Å². The Hall–Kier alpha value is -0.800. The van der Waals surface area contributed by atoms with Crippen molar-refractivity contribution in [1.29, 1.82) is 0 Å². The number of nitrogens with zero attached hydrogens (tertiary/aromatic N) is 1. The highest BCUT2D eigenvalue weighted by molar-refractivity contribution is 6.29. The minimum absolute atomic E-state index is 0.331. The normalized spacial score (nSPS) is 25.2. The van der Waals surface area contributed by atoms with Gasteiger partial charge in [-0.3, -0.25) is 0 Å². The average Bonchev–Trinajstić information content (AvgIpc) is 2.73. The molecular formula is C12H15ClN2O. The van der Waals surface area contributed by atoms with Crippen LogP contribution >= 0.6 is 11.6 Å². The van der Waals surface area contributed by atoms with Gasteiger partial charge in [-0.25, -0.2) is 4.98 Å². The highest BCUT2D eigenvalue weighted by atomic mass is 35.5. The molecule has 0 amide bonds. The van der Waals surface area contributed by atoms with E-state index in [0.29, 0.717) is 17.2 Å². The molecule has 1 N–H and O–H groups in total. The molecule has 0 radical (unpaired) electrons. The molecule has 1 fully saturated rings. The molecule has 2 aliphatic rings. The van der Waals surface area contributed by atoms with Crippen LogP contribution in [0.1, 0.15) is 18.4 Å². The third-order valence-electron chi connectivity index (χ3n) is 3.52. The monoisotopic (exact) mass is 238 g/mol. The summed E-state index contributed by atoms with van der Waals surface area (Å²) in [5.74, 6) is 1.60. The van der Waals surface area contributed by atoms with Crippen LogP contribution in [-0.2, 0) is 6.42 Å². The van der Waals surface area contributed by atoms with Gasteiger partial charge in [0.2, 0.25) is 0 Å². The molecule has 0 spiro atoms. The zero-order valence-corrected chi connectivity index (χ0v) is 9.83. The summed E-state index contributed by atoms with van der Waals surface area (Å²) in [7, 11) is 0. The number of hydrogen-bond acceptors (Lipinski definition) is 3. The molecule has 4 heteroatoms. The Morgan fingerprint density at radius 2 is 2.19 bits per heavy atom. The van der Waals surface area contributed by atoms with Crippen LogP contribution in [0.25, 0.3) is 0 Å². The number of rotatable bonds is 1. The van der Waals surface area contributed by atoms with E-state index in [0.717, 1.165) is 25.3 Å². The molecule has 1 unspecified atom stereocenters. The molecule has 0 aromatic carbocycles. The fourth-order valence-electron chi connectivity index (χ4n) is 2.62. The van der Waals surface area contributed by atoms with Crippen LogP contribution in [0.5, 0.6) is 5.75 Å². The summed E-state index contributed by atoms with van der Waals surface area (Å²) in [4.78, 5) is 4.06. The highest BCUT2D eigenvalue weighted by Gasteiger charge is 2.31. The second kappa shape index (κ2) is 4.22. The van der Waals surface area contributed by atoms with Crippen LogP contribution in [0.3, 0.4) is 0 Å². The van der Waals surface area contributed by atoms with Crippen molar-refractivity contribution in [2.75, 3.05) is 13.1 Å². The van der Waals surface area contributed by atoms with Gasteiger partial charge in [0, 0.05) is 12.0 Å². The maximum atomic E-state index is 5.95. The van der Waals surface area contributed by atoms with Crippen LogP contribution in [0.15, 0.2) is 12.3 Å². The number of ether oxygens (including phenoxy) is 1. The van der Waals surface area contributed by atoms with Crippen molar-refractivity contribution in [3.05, 3.63) is 23.0 Å². The summed E-state index contributed by atoms with van der Waals surface area (Å²) in [6.07, 6.45) is 5.48. The second-order valence-corrected chi connectivity index (χ2v) is 4.95. The van der Waals surface area contributed by atoms with Gasteiger partial charge in [-0.05, 0) is 37.9 Å². The van der Waals surface area contributed by atoms with E-state index in [9.17, 15) is 0 Å². The summed E-state index contributed by atoms with van der Waals surface area (Å²) in [6, 6.07) is 1.93. The van der Waals surface area contributed by atoms with Crippen molar-refractivity contribution in [2.24, 2.45) is 5.92 Å². The molecular weight excluding hydrogens is 224 g/mol. The van der Waals surface area contributed by atoms with E-state index in [1.807, 2.05) is 6.07 Å². The predicted molar refractivity (Wildman–Crippen MR) is 63.0 cm³/mol. The lowest BCUT2D eigenvalue weighted by Gasteiger charge is -2.27. The Balaban J connectivity index is 1.74. The van der Waals surface area contributed by atoms with Gasteiger partial charge in [0.1, 0.15) is 17.0 Å². The number of fused-ring (bicyclic) bond motifs is 1. The maximum absolute atomic E-state index is 5.95. The standard InChI is InChI=1S/C12H15ClN2O/c13-12-6-9-5-10(16-11(9)7-15-12)8-1-3-14-4-2-8/h6-8,10,14H,1-5H2. The molecule has 3 nitrogen and oxygen atoms in total. The van der Waals surface area contributed by atoms with E-state index in [1.165, 1.54) is 18.4 Å². The lowest BCUT2D eigenvalue weighted by Crippen LogP contribution is -2.36. The van der Waals surface area contributed by atoms with Crippen molar-refractivity contribution >= 4 is 11.6 Å². The van der Waals surface area contributed by atoms with Gasteiger partial charge >= 0.3 is 0 Å². The number of halogens is 1. The molecule has 2 aliphatic heterocycles. The summed E-state index contributed by atoms with van der Waals surface area (Å²) < 4.78 is 5.95. The summed E-state index contributed by atoms with van der Waals surface area (Å²) in [5, 5.41) is 3.94. The van der Waals surface area contributed by atoms with E-state index in [1.54, 1.807) is 6.20 Å². The minimum atomic E-state index is 0.331. The quantitative estimate of drug-likeness (QED) is 0.761. The van der Waals surface area contributed by atoms with Gasteiger partial charge < -0.3 is 10.1 Å². The SMILES string of the molecule is Clc1cc2c(cn1)OC(C1CCNCC1)C2. The van der Waals surface area contributed by atoms with Crippen LogP contribution in [0, 0.1) is 5.92 Å². The van der Waals surface area contributed by atoms with Crippen LogP contribution in [-0.4, -0.2) is 24.2 Å². The first-order valence-corrected chi connectivity index (χ1v) is 6.22. The summed E-state index contributed by atoms with van der Waals surface area (Å²) in [5.41, 5.74) is 1.21. The molecule has 3 rings (SSSR count). The van der Waals surface area contributed by atoms with E-state index in [2.05, 4.69) is 10.3 Å². The topological polar surface area (TPSA) is 34.1 Å². The number of nitrogens with one attached hydrogen (secondary N) is 1. The largest absolute Gasteiger partial charge is 0.488 e. The molecule has 86 valence electrons. The first-order chi connectivity index (χ1) is 7.83. The Bertz CT molecular complexity index is 391. The Morgan fingerprint density at radius 3 is 3.00 bits per heavy atom. The zero-order valence-electron chi connectivity index (χ0n) is 9.08. The van der Waals surface area contributed by atoms with Crippen molar-refractivity contribution in [1.82, 2.24) is 10.3 Å². The van der Waals surface area contributed by atoms with Crippen LogP contribution in [0.2, 0.25) is 5.15 Å². The molecule has 0 bridgehead atoms. The smallest absolute Gasteiger partial charge is 0.141 e. The van der Waals surface area contributed by atoms with Crippen molar-refractivity contribution < 1.29 is 4.74 Å². The first kappa shape index (κ1) is 10.4. The van der Waals surface area contributed by atoms with Gasteiger partial charge in [0.25, 0.3) is 0 Å². The molecule has 1 aromatic heterocycles. The third-order valence-corrected chi connectivity index (χ3v) is 3.73. The number of hydrogen-bond donors (Lipinski definition) is 1. The van der Waals surface area contributed by atoms with Gasteiger partial charge in [0.05, 0.1) is 6.20 Å². The number of pyridine rings is 1. The molecule has 0 aliphatic carbocycles. The fraction of sp³-hybridized carbons (Fsp3) is 0.583. The Kier molecular flexibility index (Phi) is 2.74. The molecule has 0 saturated carbocycles.